The molecule has 0 unspecified atom stereocenters. The Bertz CT molecular complexity index is 233. The highest BCUT2D eigenvalue weighted by Crippen LogP contribution is 2.08. The van der Waals surface area contributed by atoms with Crippen LogP contribution in [0.1, 0.15) is 19.3 Å². The molecule has 16 heavy (non-hydrogen) atoms. The summed E-state index contributed by atoms with van der Waals surface area (Å²) in [6.07, 6.45) is 1.73. The molecular formula is C11H18O5. The molecule has 5 nitrogen and oxygen atoms in total. The van der Waals surface area contributed by atoms with Crippen molar-refractivity contribution < 1.29 is 24.1 Å². The summed E-state index contributed by atoms with van der Waals surface area (Å²) < 4.78 is 15.8. The first-order chi connectivity index (χ1) is 7.70. The predicted molar refractivity (Wildman–Crippen MR) is 57.1 cm³/mol. The van der Waals surface area contributed by atoms with E-state index in [1.165, 1.54) is 0 Å². The lowest BCUT2D eigenvalue weighted by atomic mass is 10.2. The first kappa shape index (κ1) is 13.2. The monoisotopic (exact) mass is 230 g/mol. The van der Waals surface area contributed by atoms with Crippen molar-refractivity contribution in [2.24, 2.45) is 0 Å². The van der Waals surface area contributed by atoms with E-state index in [9.17, 15) is 4.79 Å². The van der Waals surface area contributed by atoms with Crippen molar-refractivity contribution in [2.45, 2.75) is 25.6 Å². The molecule has 0 atom stereocenters. The number of hydrogen-bond donors (Lipinski definition) is 1. The molecule has 1 N–H and O–H groups in total. The molecule has 0 aromatic carbocycles. The average Bonchev–Trinajstić information content (AvgIpc) is 2.75. The zero-order valence-corrected chi connectivity index (χ0v) is 9.31. The largest absolute Gasteiger partial charge is 0.478 e. The molecule has 0 amide bonds. The van der Waals surface area contributed by atoms with Crippen molar-refractivity contribution in [3.63, 3.8) is 0 Å². The first-order valence-electron chi connectivity index (χ1n) is 5.42. The van der Waals surface area contributed by atoms with Crippen LogP contribution in [-0.2, 0) is 19.0 Å². The molecule has 0 spiro atoms. The minimum Gasteiger partial charge on any atom is -0.478 e. The molecule has 1 aliphatic heterocycles. The van der Waals surface area contributed by atoms with Crippen molar-refractivity contribution >= 4 is 5.97 Å². The molecule has 1 fully saturated rings. The van der Waals surface area contributed by atoms with Gasteiger partial charge in [0.15, 0.2) is 6.29 Å². The van der Waals surface area contributed by atoms with E-state index in [0.29, 0.717) is 39.3 Å². The molecule has 1 aliphatic rings. The number of carbonyl (C=O) groups is 1. The lowest BCUT2D eigenvalue weighted by Gasteiger charge is -2.09. The molecule has 0 aliphatic carbocycles. The Kier molecular flexibility index (Phi) is 6.07. The molecule has 1 rings (SSSR count). The number of ether oxygens (including phenoxy) is 3. The van der Waals surface area contributed by atoms with Gasteiger partial charge in [-0.25, -0.2) is 4.79 Å². The summed E-state index contributed by atoms with van der Waals surface area (Å²) in [5.41, 5.74) is 0.228. The van der Waals surface area contributed by atoms with E-state index in [1.54, 1.807) is 0 Å². The molecule has 0 radical (unpaired) electrons. The molecule has 5 heteroatoms. The maximum absolute atomic E-state index is 10.4. The van der Waals surface area contributed by atoms with Crippen LogP contribution in [0, 0.1) is 0 Å². The Morgan fingerprint density at radius 2 is 2.06 bits per heavy atom. The normalized spacial score (nSPS) is 16.5. The highest BCUT2D eigenvalue weighted by atomic mass is 16.7. The molecule has 0 aromatic rings. The number of carboxylic acids is 1. The van der Waals surface area contributed by atoms with E-state index < -0.39 is 5.97 Å². The maximum atomic E-state index is 10.4. The van der Waals surface area contributed by atoms with Gasteiger partial charge in [0.2, 0.25) is 0 Å². The van der Waals surface area contributed by atoms with Crippen molar-refractivity contribution in [1.82, 2.24) is 0 Å². The van der Waals surface area contributed by atoms with Gasteiger partial charge in [0.25, 0.3) is 0 Å². The van der Waals surface area contributed by atoms with Crippen LogP contribution >= 0.6 is 0 Å². The Labute approximate surface area is 95.0 Å². The number of rotatable bonds is 8. The SMILES string of the molecule is C=C(CCCOCCC1OCCO1)C(=O)O. The van der Waals surface area contributed by atoms with Crippen LogP contribution < -0.4 is 0 Å². The first-order valence-corrected chi connectivity index (χ1v) is 5.42. The highest BCUT2D eigenvalue weighted by molar-refractivity contribution is 5.85. The highest BCUT2D eigenvalue weighted by Gasteiger charge is 2.14. The molecule has 92 valence electrons. The van der Waals surface area contributed by atoms with E-state index in [1.807, 2.05) is 0 Å². The molecular weight excluding hydrogens is 212 g/mol. The van der Waals surface area contributed by atoms with Gasteiger partial charge in [-0.15, -0.1) is 0 Å². The van der Waals surface area contributed by atoms with Crippen LogP contribution in [0.5, 0.6) is 0 Å². The number of carboxylic acid groups (broad SMARTS) is 1. The average molecular weight is 230 g/mol. The summed E-state index contributed by atoms with van der Waals surface area (Å²) in [4.78, 5) is 10.4. The van der Waals surface area contributed by atoms with Crippen LogP contribution in [0.4, 0.5) is 0 Å². The van der Waals surface area contributed by atoms with Gasteiger partial charge in [0, 0.05) is 18.6 Å². The van der Waals surface area contributed by atoms with E-state index in [-0.39, 0.29) is 11.9 Å². The zero-order chi connectivity index (χ0) is 11.8. The van der Waals surface area contributed by atoms with Gasteiger partial charge in [-0.3, -0.25) is 0 Å². The maximum Gasteiger partial charge on any atom is 0.330 e. The van der Waals surface area contributed by atoms with Crippen LogP contribution in [-0.4, -0.2) is 43.8 Å². The van der Waals surface area contributed by atoms with E-state index in [4.69, 9.17) is 19.3 Å². The van der Waals surface area contributed by atoms with Gasteiger partial charge in [-0.1, -0.05) is 6.58 Å². The molecule has 1 heterocycles. The quantitative estimate of drug-likeness (QED) is 0.501. The van der Waals surface area contributed by atoms with Crippen LogP contribution in [0.3, 0.4) is 0 Å². The van der Waals surface area contributed by atoms with Crippen LogP contribution in [0.2, 0.25) is 0 Å². The zero-order valence-electron chi connectivity index (χ0n) is 9.31. The summed E-state index contributed by atoms with van der Waals surface area (Å²) in [5, 5.41) is 8.55. The molecule has 0 bridgehead atoms. The summed E-state index contributed by atoms with van der Waals surface area (Å²) in [5.74, 6) is -0.937. The second kappa shape index (κ2) is 7.38. The lowest BCUT2D eigenvalue weighted by Crippen LogP contribution is -2.11. The topological polar surface area (TPSA) is 65.0 Å². The van der Waals surface area contributed by atoms with Gasteiger partial charge >= 0.3 is 5.97 Å². The third-order valence-corrected chi connectivity index (χ3v) is 2.26. The van der Waals surface area contributed by atoms with E-state index in [2.05, 4.69) is 6.58 Å². The Morgan fingerprint density at radius 1 is 1.38 bits per heavy atom. The smallest absolute Gasteiger partial charge is 0.330 e. The molecule has 0 aromatic heterocycles. The van der Waals surface area contributed by atoms with Gasteiger partial charge in [0.1, 0.15) is 0 Å². The summed E-state index contributed by atoms with van der Waals surface area (Å²) in [6.45, 7) is 5.87. The van der Waals surface area contributed by atoms with Gasteiger partial charge < -0.3 is 19.3 Å². The summed E-state index contributed by atoms with van der Waals surface area (Å²) >= 11 is 0. The lowest BCUT2D eigenvalue weighted by molar-refractivity contribution is -0.132. The van der Waals surface area contributed by atoms with E-state index in [0.717, 1.165) is 6.42 Å². The predicted octanol–water partition coefficient (Wildman–Crippen LogP) is 1.19. The van der Waals surface area contributed by atoms with E-state index >= 15 is 0 Å². The Morgan fingerprint density at radius 3 is 2.69 bits per heavy atom. The van der Waals surface area contributed by atoms with Crippen molar-refractivity contribution in [2.75, 3.05) is 26.4 Å². The summed E-state index contributed by atoms with van der Waals surface area (Å²) in [6, 6.07) is 0. The third-order valence-electron chi connectivity index (χ3n) is 2.26. The van der Waals surface area contributed by atoms with Gasteiger partial charge in [-0.2, -0.15) is 0 Å². The van der Waals surface area contributed by atoms with Crippen molar-refractivity contribution in [1.29, 1.82) is 0 Å². The fourth-order valence-corrected chi connectivity index (χ4v) is 1.35. The Balaban J connectivity index is 1.88. The van der Waals surface area contributed by atoms with Crippen LogP contribution in [0.25, 0.3) is 0 Å². The van der Waals surface area contributed by atoms with Gasteiger partial charge in [-0.05, 0) is 12.8 Å². The van der Waals surface area contributed by atoms with Crippen LogP contribution in [0.15, 0.2) is 12.2 Å². The summed E-state index contributed by atoms with van der Waals surface area (Å²) in [7, 11) is 0. The molecule has 1 saturated heterocycles. The van der Waals surface area contributed by atoms with Crippen molar-refractivity contribution in [3.05, 3.63) is 12.2 Å². The number of hydrogen-bond acceptors (Lipinski definition) is 4. The minimum absolute atomic E-state index is 0.131. The third kappa shape index (κ3) is 5.25. The fraction of sp³-hybridized carbons (Fsp3) is 0.727. The van der Waals surface area contributed by atoms with Crippen molar-refractivity contribution in [3.8, 4) is 0 Å². The van der Waals surface area contributed by atoms with Gasteiger partial charge in [0.05, 0.1) is 19.8 Å². The Hall–Kier alpha value is -0.910. The second-order valence-electron chi connectivity index (χ2n) is 3.58. The number of aliphatic carboxylic acids is 1. The molecule has 0 saturated carbocycles. The second-order valence-corrected chi connectivity index (χ2v) is 3.58. The fourth-order valence-electron chi connectivity index (χ4n) is 1.35. The minimum atomic E-state index is -0.937. The standard InChI is InChI=1S/C11H18O5/c1-9(11(12)13)3-2-5-14-6-4-10-15-7-8-16-10/h10H,1-8H2,(H,12,13).